The highest BCUT2D eigenvalue weighted by Gasteiger charge is 2.27. The molecule has 2 unspecified atom stereocenters. The first-order valence-electron chi connectivity index (χ1n) is 34.6. The average molecular weight is 1220 g/mol. The van der Waals surface area contributed by atoms with Gasteiger partial charge in [0.05, 0.1) is 27.7 Å². The molecule has 0 fully saturated rings. The Bertz CT molecular complexity index is 1960. The second kappa shape index (κ2) is 65.3. The molecule has 0 saturated carbocycles. The molecule has 0 saturated heterocycles. The molecule has 0 aromatic carbocycles. The van der Waals surface area contributed by atoms with Gasteiger partial charge in [-0.1, -0.05) is 288 Å². The molecule has 1 N–H and O–H groups in total. The van der Waals surface area contributed by atoms with E-state index in [1.165, 1.54) is 109 Å². The summed E-state index contributed by atoms with van der Waals surface area (Å²) in [6.45, 7) is 4.20. The summed E-state index contributed by atoms with van der Waals surface area (Å²) in [5.74, 6) is -0.807. The lowest BCUT2D eigenvalue weighted by atomic mass is 10.0. The summed E-state index contributed by atoms with van der Waals surface area (Å²) in [6.07, 6.45) is 96.5. The van der Waals surface area contributed by atoms with Crippen molar-refractivity contribution in [2.24, 2.45) is 0 Å². The van der Waals surface area contributed by atoms with Crippen LogP contribution >= 0.6 is 7.82 Å². The maximum atomic E-state index is 12.9. The first-order chi connectivity index (χ1) is 42.0. The van der Waals surface area contributed by atoms with Gasteiger partial charge in [0.15, 0.2) is 6.10 Å². The maximum absolute atomic E-state index is 12.9. The minimum atomic E-state index is -4.40. The Balaban J connectivity index is 4.08. The van der Waals surface area contributed by atoms with Crippen LogP contribution in [0.5, 0.6) is 0 Å². The van der Waals surface area contributed by atoms with Gasteiger partial charge < -0.3 is 18.9 Å². The molecule has 0 rings (SSSR count). The van der Waals surface area contributed by atoms with E-state index in [-0.39, 0.29) is 32.0 Å². The molecule has 0 bridgehead atoms. The van der Waals surface area contributed by atoms with Crippen LogP contribution in [0.25, 0.3) is 0 Å². The van der Waals surface area contributed by atoms with E-state index in [9.17, 15) is 19.0 Å². The molecule has 0 spiro atoms. The molecular weight excluding hydrogens is 1090 g/mol. The monoisotopic (exact) mass is 1210 g/mol. The molecule has 490 valence electrons. The van der Waals surface area contributed by atoms with Crippen LogP contribution < -0.4 is 0 Å². The summed E-state index contributed by atoms with van der Waals surface area (Å²) in [5.41, 5.74) is 0. The number of hydrogen-bond donors (Lipinski definition) is 1. The van der Waals surface area contributed by atoms with E-state index in [1.54, 1.807) is 0 Å². The molecule has 9 nitrogen and oxygen atoms in total. The summed E-state index contributed by atoms with van der Waals surface area (Å²) in [7, 11) is 1.46. The molecule has 0 aliphatic rings. The van der Waals surface area contributed by atoms with Crippen molar-refractivity contribution in [2.45, 2.75) is 277 Å². The molecule has 0 radical (unpaired) electrons. The predicted octanol–water partition coefficient (Wildman–Crippen LogP) is 22.6. The molecule has 0 aliphatic carbocycles. The van der Waals surface area contributed by atoms with Crippen molar-refractivity contribution in [2.75, 3.05) is 47.5 Å². The SMILES string of the molecule is CC/C=C\C/C=C\C/C=C\C/C=C\C/C=C\C/C=C\C/C=C\CCCCCCCCCCCCCCCCCC(=O)OC(COC(=O)CCCCCCCCCCC/C=C\C/C=C\C/C=C\C/C=C\C/C=C\CC)COP(=O)(O)OCC[N+](C)(C)C. The molecule has 0 aromatic rings. The topological polar surface area (TPSA) is 108 Å². The van der Waals surface area contributed by atoms with Gasteiger partial charge in [0, 0.05) is 12.8 Å². The first kappa shape index (κ1) is 81.9. The lowest BCUT2D eigenvalue weighted by molar-refractivity contribution is -0.870. The van der Waals surface area contributed by atoms with Gasteiger partial charge in [0.25, 0.3) is 0 Å². The van der Waals surface area contributed by atoms with Gasteiger partial charge in [-0.2, -0.15) is 0 Å². The van der Waals surface area contributed by atoms with Gasteiger partial charge in [-0.3, -0.25) is 18.6 Å². The van der Waals surface area contributed by atoms with Crippen molar-refractivity contribution in [1.82, 2.24) is 0 Å². The van der Waals surface area contributed by atoms with Gasteiger partial charge >= 0.3 is 19.8 Å². The summed E-state index contributed by atoms with van der Waals surface area (Å²) in [4.78, 5) is 35.9. The number of hydrogen-bond acceptors (Lipinski definition) is 7. The van der Waals surface area contributed by atoms with Crippen molar-refractivity contribution in [3.63, 3.8) is 0 Å². The number of allylic oxidation sites excluding steroid dienone is 24. The summed E-state index contributed by atoms with van der Waals surface area (Å²) < 4.78 is 34.7. The van der Waals surface area contributed by atoms with Gasteiger partial charge in [0.1, 0.15) is 19.8 Å². The molecule has 0 heterocycles. The van der Waals surface area contributed by atoms with E-state index in [0.717, 1.165) is 128 Å². The lowest BCUT2D eigenvalue weighted by Gasteiger charge is -2.24. The van der Waals surface area contributed by atoms with E-state index >= 15 is 0 Å². The quantitative estimate of drug-likeness (QED) is 0.0211. The van der Waals surface area contributed by atoms with Crippen molar-refractivity contribution in [3.8, 4) is 0 Å². The van der Waals surface area contributed by atoms with Crippen LogP contribution in [0.15, 0.2) is 146 Å². The minimum absolute atomic E-state index is 0.0246. The van der Waals surface area contributed by atoms with E-state index < -0.39 is 26.5 Å². The van der Waals surface area contributed by atoms with E-state index in [1.807, 2.05) is 21.1 Å². The number of carbonyl (C=O) groups is 2. The van der Waals surface area contributed by atoms with Gasteiger partial charge in [-0.25, -0.2) is 4.57 Å². The largest absolute Gasteiger partial charge is 0.472 e. The first-order valence-corrected chi connectivity index (χ1v) is 36.1. The fraction of sp³-hybridized carbons (Fsp3) is 0.658. The van der Waals surface area contributed by atoms with Crippen LogP contribution in [0.4, 0.5) is 0 Å². The van der Waals surface area contributed by atoms with Crippen molar-refractivity contribution < 1.29 is 42.1 Å². The average Bonchev–Trinajstić information content (AvgIpc) is 3.67. The fourth-order valence-electron chi connectivity index (χ4n) is 9.14. The summed E-state index contributed by atoms with van der Waals surface area (Å²) in [6, 6.07) is 0. The van der Waals surface area contributed by atoms with Gasteiger partial charge in [0.2, 0.25) is 0 Å². The molecule has 10 heteroatoms. The van der Waals surface area contributed by atoms with Crippen LogP contribution in [-0.2, 0) is 32.7 Å². The Labute approximate surface area is 529 Å². The smallest absolute Gasteiger partial charge is 0.462 e. The summed E-state index contributed by atoms with van der Waals surface area (Å²) >= 11 is 0. The Kier molecular flexibility index (Phi) is 62.2. The number of likely N-dealkylation sites (N-methyl/N-ethyl adjacent to an activating group) is 1. The zero-order chi connectivity index (χ0) is 62.6. The van der Waals surface area contributed by atoms with Crippen molar-refractivity contribution in [1.29, 1.82) is 0 Å². The number of nitrogens with zero attached hydrogens (tertiary/aromatic N) is 1. The number of esters is 2. The number of unbranched alkanes of at least 4 members (excludes halogenated alkanes) is 24. The molecule has 2 atom stereocenters. The highest BCUT2D eigenvalue weighted by Crippen LogP contribution is 2.43. The number of phosphoric acid groups is 1. The number of carbonyl (C=O) groups excluding carboxylic acids is 2. The number of quaternary nitrogens is 1. The Hall–Kier alpha value is -4.11. The predicted molar refractivity (Wildman–Crippen MR) is 371 cm³/mol. The lowest BCUT2D eigenvalue weighted by Crippen LogP contribution is -2.37. The highest BCUT2D eigenvalue weighted by atomic mass is 31.2. The Morgan fingerprint density at radius 3 is 0.930 bits per heavy atom. The van der Waals surface area contributed by atoms with Gasteiger partial charge in [-0.15, -0.1) is 0 Å². The molecule has 0 aromatic heterocycles. The van der Waals surface area contributed by atoms with Crippen LogP contribution in [0.1, 0.15) is 271 Å². The van der Waals surface area contributed by atoms with Crippen LogP contribution in [0.2, 0.25) is 0 Å². The zero-order valence-corrected chi connectivity index (χ0v) is 56.6. The van der Waals surface area contributed by atoms with Crippen LogP contribution in [0.3, 0.4) is 0 Å². The molecule has 0 aliphatic heterocycles. The van der Waals surface area contributed by atoms with E-state index in [4.69, 9.17) is 18.5 Å². The molecule has 86 heavy (non-hydrogen) atoms. The standard InChI is InChI=1S/C76H128NO8P/c1-6-8-10-12-14-16-18-20-22-24-26-28-30-32-33-34-35-36-37-38-39-40-41-42-43-45-47-49-51-53-55-57-59-61-63-65-67-69-76(79)85-74(73-84-86(80,81)83-71-70-77(3,4)5)72-82-75(78)68-66-64-62-60-58-56-54-52-50-48-46-44-31-29-27-25-23-21-19-17-15-13-11-9-7-2/h8-11,14-17,20-23,26-29,32-33,35-36,38-39,44,46,74H,6-7,12-13,18-19,24-25,30-31,34,37,40-43,45,47-73H2,1-5H3/p+1/b10-8-,11-9-,16-14-,17-15-,22-20-,23-21-,28-26-,29-27-,33-32-,36-35-,39-38-,46-44-. The summed E-state index contributed by atoms with van der Waals surface area (Å²) in [5, 5.41) is 0. The second-order valence-electron chi connectivity index (χ2n) is 23.8. The highest BCUT2D eigenvalue weighted by molar-refractivity contribution is 7.47. The Morgan fingerprint density at radius 2 is 0.628 bits per heavy atom. The van der Waals surface area contributed by atoms with Crippen molar-refractivity contribution in [3.05, 3.63) is 146 Å². The van der Waals surface area contributed by atoms with Crippen LogP contribution in [-0.4, -0.2) is 74.9 Å². The van der Waals surface area contributed by atoms with E-state index in [0.29, 0.717) is 17.4 Å². The minimum Gasteiger partial charge on any atom is -0.462 e. The Morgan fingerprint density at radius 1 is 0.360 bits per heavy atom. The van der Waals surface area contributed by atoms with Gasteiger partial charge in [-0.05, 0) is 116 Å². The maximum Gasteiger partial charge on any atom is 0.472 e. The fourth-order valence-corrected chi connectivity index (χ4v) is 9.88. The van der Waals surface area contributed by atoms with E-state index in [2.05, 4.69) is 160 Å². The van der Waals surface area contributed by atoms with Crippen molar-refractivity contribution >= 4 is 19.8 Å². The number of rotatable bonds is 62. The zero-order valence-electron chi connectivity index (χ0n) is 55.7. The normalized spacial score (nSPS) is 14.1. The second-order valence-corrected chi connectivity index (χ2v) is 25.3. The number of ether oxygens (including phenoxy) is 2. The third-order valence-corrected chi connectivity index (χ3v) is 15.3. The molecular formula is C76H129NO8P+. The van der Waals surface area contributed by atoms with Crippen LogP contribution in [0, 0.1) is 0 Å². The third kappa shape index (κ3) is 69.0. The molecule has 0 amide bonds. The third-order valence-electron chi connectivity index (χ3n) is 14.4. The number of phosphoric ester groups is 1.